The van der Waals surface area contributed by atoms with Gasteiger partial charge in [-0.15, -0.1) is 0 Å². The summed E-state index contributed by atoms with van der Waals surface area (Å²) in [6.45, 7) is 2.77. The molecule has 1 unspecified atom stereocenters. The topological polar surface area (TPSA) is 83.6 Å². The maximum Gasteiger partial charge on any atom is 0.244 e. The summed E-state index contributed by atoms with van der Waals surface area (Å²) in [7, 11) is -3.64. The zero-order valence-corrected chi connectivity index (χ0v) is 13.6. The zero-order valence-electron chi connectivity index (χ0n) is 12.0. The standard InChI is InChI=1S/C14H21ClN2O3S/c1-10-7-12(15)14(8-13(10)16)21(19,20)17-5-2-3-11(9-17)4-6-18/h7-8,11,18H,2-6,9,16H2,1H3. The molecule has 0 bridgehead atoms. The highest BCUT2D eigenvalue weighted by Crippen LogP contribution is 2.31. The van der Waals surface area contributed by atoms with Crippen LogP contribution in [0.3, 0.4) is 0 Å². The van der Waals surface area contributed by atoms with Gasteiger partial charge in [-0.1, -0.05) is 11.6 Å². The lowest BCUT2D eigenvalue weighted by Gasteiger charge is -2.32. The lowest BCUT2D eigenvalue weighted by atomic mass is 9.97. The van der Waals surface area contributed by atoms with Crippen LogP contribution in [0, 0.1) is 12.8 Å². The number of nitrogen functional groups attached to an aromatic ring is 1. The number of nitrogens with zero attached hydrogens (tertiary/aromatic N) is 1. The van der Waals surface area contributed by atoms with Gasteiger partial charge in [0.2, 0.25) is 10.0 Å². The van der Waals surface area contributed by atoms with Gasteiger partial charge < -0.3 is 10.8 Å². The molecule has 5 nitrogen and oxygen atoms in total. The summed E-state index contributed by atoms with van der Waals surface area (Å²) in [5.41, 5.74) is 6.99. The van der Waals surface area contributed by atoms with Crippen LogP contribution in [0.25, 0.3) is 0 Å². The molecular formula is C14H21ClN2O3S. The van der Waals surface area contributed by atoms with Crippen molar-refractivity contribution in [2.24, 2.45) is 5.92 Å². The normalized spacial score (nSPS) is 20.6. The number of piperidine rings is 1. The number of benzene rings is 1. The Bertz CT molecular complexity index is 617. The van der Waals surface area contributed by atoms with Crippen LogP contribution in [-0.4, -0.2) is 37.5 Å². The molecule has 118 valence electrons. The molecule has 2 rings (SSSR count). The number of rotatable bonds is 4. The second-order valence-electron chi connectivity index (χ2n) is 5.52. The van der Waals surface area contributed by atoms with Crippen LogP contribution in [0.1, 0.15) is 24.8 Å². The summed E-state index contributed by atoms with van der Waals surface area (Å²) >= 11 is 6.10. The molecule has 1 aromatic rings. The van der Waals surface area contributed by atoms with Crippen molar-refractivity contribution in [2.45, 2.75) is 31.1 Å². The van der Waals surface area contributed by atoms with Gasteiger partial charge in [-0.25, -0.2) is 8.42 Å². The maximum absolute atomic E-state index is 12.7. The summed E-state index contributed by atoms with van der Waals surface area (Å²) in [6.07, 6.45) is 2.36. The highest BCUT2D eigenvalue weighted by atomic mass is 35.5. The quantitative estimate of drug-likeness (QED) is 0.826. The molecule has 1 aliphatic rings. The molecule has 7 heteroatoms. The van der Waals surface area contributed by atoms with Gasteiger partial charge >= 0.3 is 0 Å². The summed E-state index contributed by atoms with van der Waals surface area (Å²) < 4.78 is 26.9. The predicted molar refractivity (Wildman–Crippen MR) is 83.8 cm³/mol. The summed E-state index contributed by atoms with van der Waals surface area (Å²) in [5.74, 6) is 0.195. The number of aliphatic hydroxyl groups excluding tert-OH is 1. The Morgan fingerprint density at radius 1 is 1.48 bits per heavy atom. The van der Waals surface area contributed by atoms with Gasteiger partial charge in [-0.2, -0.15) is 4.31 Å². The van der Waals surface area contributed by atoms with Crippen LogP contribution >= 0.6 is 11.6 Å². The van der Waals surface area contributed by atoms with E-state index in [9.17, 15) is 8.42 Å². The lowest BCUT2D eigenvalue weighted by Crippen LogP contribution is -2.40. The number of hydrogen-bond donors (Lipinski definition) is 2. The van der Waals surface area contributed by atoms with Gasteiger partial charge in [0.25, 0.3) is 0 Å². The molecule has 1 heterocycles. The molecule has 1 aliphatic heterocycles. The van der Waals surface area contributed by atoms with Crippen molar-refractivity contribution in [3.63, 3.8) is 0 Å². The molecule has 0 aliphatic carbocycles. The van der Waals surface area contributed by atoms with Crippen molar-refractivity contribution in [3.8, 4) is 0 Å². The van der Waals surface area contributed by atoms with Crippen molar-refractivity contribution < 1.29 is 13.5 Å². The number of halogens is 1. The van der Waals surface area contributed by atoms with Gasteiger partial charge in [0.15, 0.2) is 0 Å². The molecule has 21 heavy (non-hydrogen) atoms. The largest absolute Gasteiger partial charge is 0.398 e. The summed E-state index contributed by atoms with van der Waals surface area (Å²) in [4.78, 5) is 0.0666. The van der Waals surface area contributed by atoms with Crippen LogP contribution in [-0.2, 0) is 10.0 Å². The first-order valence-electron chi connectivity index (χ1n) is 7.03. The van der Waals surface area contributed by atoms with Gasteiger partial charge in [0.05, 0.1) is 5.02 Å². The van der Waals surface area contributed by atoms with E-state index in [-0.39, 0.29) is 22.4 Å². The number of aliphatic hydroxyl groups is 1. The van der Waals surface area contributed by atoms with Gasteiger partial charge in [-0.05, 0) is 49.8 Å². The molecule has 0 amide bonds. The fraction of sp³-hybridized carbons (Fsp3) is 0.571. The molecule has 0 aromatic heterocycles. The van der Waals surface area contributed by atoms with Gasteiger partial charge in [0, 0.05) is 25.4 Å². The highest BCUT2D eigenvalue weighted by Gasteiger charge is 2.31. The average Bonchev–Trinajstić information content (AvgIpc) is 2.43. The monoisotopic (exact) mass is 332 g/mol. The van der Waals surface area contributed by atoms with E-state index < -0.39 is 10.0 Å². The van der Waals surface area contributed by atoms with Crippen LogP contribution in [0.4, 0.5) is 5.69 Å². The minimum absolute atomic E-state index is 0.0666. The Morgan fingerprint density at radius 3 is 2.86 bits per heavy atom. The van der Waals surface area contributed by atoms with E-state index in [1.165, 1.54) is 10.4 Å². The third-order valence-electron chi connectivity index (χ3n) is 3.96. The fourth-order valence-corrected chi connectivity index (χ4v) is 4.82. The van der Waals surface area contributed by atoms with E-state index in [0.717, 1.165) is 18.4 Å². The van der Waals surface area contributed by atoms with Crippen molar-refractivity contribution in [1.82, 2.24) is 4.31 Å². The van der Waals surface area contributed by atoms with Gasteiger partial charge in [0.1, 0.15) is 4.90 Å². The highest BCUT2D eigenvalue weighted by molar-refractivity contribution is 7.89. The average molecular weight is 333 g/mol. The smallest absolute Gasteiger partial charge is 0.244 e. The first-order chi connectivity index (χ1) is 9.86. The molecule has 1 atom stereocenters. The molecule has 0 saturated carbocycles. The van der Waals surface area contributed by atoms with Crippen molar-refractivity contribution in [1.29, 1.82) is 0 Å². The number of hydrogen-bond acceptors (Lipinski definition) is 4. The minimum atomic E-state index is -3.64. The van der Waals surface area contributed by atoms with Crippen LogP contribution < -0.4 is 5.73 Å². The third kappa shape index (κ3) is 3.51. The number of sulfonamides is 1. The second kappa shape index (κ2) is 6.52. The Kier molecular flexibility index (Phi) is 5.14. The summed E-state index contributed by atoms with van der Waals surface area (Å²) in [6, 6.07) is 3.02. The fourth-order valence-electron chi connectivity index (χ4n) is 2.67. The lowest BCUT2D eigenvalue weighted by molar-refractivity contribution is 0.203. The van der Waals surface area contributed by atoms with E-state index in [1.54, 1.807) is 13.0 Å². The molecule has 0 radical (unpaired) electrons. The van der Waals surface area contributed by atoms with Gasteiger partial charge in [-0.3, -0.25) is 0 Å². The van der Waals surface area contributed by atoms with Crippen LogP contribution in [0.15, 0.2) is 17.0 Å². The first-order valence-corrected chi connectivity index (χ1v) is 8.84. The molecule has 1 fully saturated rings. The Morgan fingerprint density at radius 2 is 2.19 bits per heavy atom. The molecular weight excluding hydrogens is 312 g/mol. The van der Waals surface area contributed by atoms with E-state index >= 15 is 0 Å². The maximum atomic E-state index is 12.7. The van der Waals surface area contributed by atoms with Crippen molar-refractivity contribution in [2.75, 3.05) is 25.4 Å². The Balaban J connectivity index is 2.31. The third-order valence-corrected chi connectivity index (χ3v) is 6.29. The van der Waals surface area contributed by atoms with Crippen molar-refractivity contribution in [3.05, 3.63) is 22.7 Å². The molecule has 1 saturated heterocycles. The first kappa shape index (κ1) is 16.5. The molecule has 0 spiro atoms. The zero-order chi connectivity index (χ0) is 15.6. The predicted octanol–water partition coefficient (Wildman–Crippen LogP) is 2.01. The number of aryl methyl sites for hydroxylation is 1. The van der Waals surface area contributed by atoms with E-state index in [4.69, 9.17) is 22.4 Å². The van der Waals surface area contributed by atoms with E-state index in [1.807, 2.05) is 0 Å². The number of nitrogens with two attached hydrogens (primary N) is 1. The van der Waals surface area contributed by atoms with E-state index in [2.05, 4.69) is 0 Å². The SMILES string of the molecule is Cc1cc(Cl)c(S(=O)(=O)N2CCCC(CCO)C2)cc1N. The Labute approximate surface area is 130 Å². The second-order valence-corrected chi connectivity index (χ2v) is 7.84. The van der Waals surface area contributed by atoms with Crippen molar-refractivity contribution >= 4 is 27.3 Å². The van der Waals surface area contributed by atoms with E-state index in [0.29, 0.717) is 25.2 Å². The Hall–Kier alpha value is -0.820. The number of anilines is 1. The molecule has 1 aromatic carbocycles. The summed E-state index contributed by atoms with van der Waals surface area (Å²) in [5, 5.41) is 9.23. The molecule has 3 N–H and O–H groups in total. The minimum Gasteiger partial charge on any atom is -0.398 e. The van der Waals surface area contributed by atoms with Crippen LogP contribution in [0.2, 0.25) is 5.02 Å². The van der Waals surface area contributed by atoms with Crippen LogP contribution in [0.5, 0.6) is 0 Å².